The van der Waals surface area contributed by atoms with Gasteiger partial charge >= 0.3 is 0 Å². The lowest BCUT2D eigenvalue weighted by molar-refractivity contribution is 0.313. The minimum atomic E-state index is -0.221. The predicted octanol–water partition coefficient (Wildman–Crippen LogP) is 5.63. The minimum Gasteiger partial charge on any atom is -0.369 e. The lowest BCUT2D eigenvalue weighted by Gasteiger charge is -2.34. The molecule has 1 N–H and O–H groups in total. The van der Waals surface area contributed by atoms with Crippen molar-refractivity contribution in [2.75, 3.05) is 50.0 Å². The van der Waals surface area contributed by atoms with Crippen LogP contribution in [-0.4, -0.2) is 50.9 Å². The van der Waals surface area contributed by atoms with Crippen molar-refractivity contribution in [2.45, 2.75) is 0 Å². The Balaban J connectivity index is 1.29. The molecule has 0 unspecified atom stereocenters. The van der Waals surface area contributed by atoms with Crippen LogP contribution in [0.2, 0.25) is 0 Å². The lowest BCUT2D eigenvalue weighted by atomic mass is 9.96. The maximum Gasteiger partial charge on any atom is 0.123 e. The van der Waals surface area contributed by atoms with Gasteiger partial charge in [-0.2, -0.15) is 0 Å². The number of fused-ring (bicyclic) bond motifs is 1. The van der Waals surface area contributed by atoms with Gasteiger partial charge in [-0.3, -0.25) is 4.99 Å². The smallest absolute Gasteiger partial charge is 0.123 e. The second kappa shape index (κ2) is 10.1. The van der Waals surface area contributed by atoms with Crippen LogP contribution in [0.3, 0.4) is 0 Å². The van der Waals surface area contributed by atoms with E-state index >= 15 is 0 Å². The van der Waals surface area contributed by atoms with Gasteiger partial charge < -0.3 is 15.1 Å². The first-order chi connectivity index (χ1) is 16.6. The third kappa shape index (κ3) is 5.26. The Morgan fingerprint density at radius 2 is 1.56 bits per heavy atom. The molecule has 172 valence electrons. The summed E-state index contributed by atoms with van der Waals surface area (Å²) in [6.07, 6.45) is 8.06. The van der Waals surface area contributed by atoms with Gasteiger partial charge in [-0.05, 0) is 77.3 Å². The van der Waals surface area contributed by atoms with Crippen molar-refractivity contribution in [3.8, 4) is 0 Å². The molecule has 0 aliphatic carbocycles. The van der Waals surface area contributed by atoms with E-state index in [1.165, 1.54) is 23.4 Å². The first kappa shape index (κ1) is 22.1. The summed E-state index contributed by atoms with van der Waals surface area (Å²) < 4.78 is 13.1. The van der Waals surface area contributed by atoms with E-state index in [2.05, 4.69) is 81.9 Å². The zero-order valence-corrected chi connectivity index (χ0v) is 19.4. The summed E-state index contributed by atoms with van der Waals surface area (Å²) >= 11 is 0. The fraction of sp³-hybridized carbons (Fsp3) is 0.207. The van der Waals surface area contributed by atoms with E-state index in [9.17, 15) is 4.39 Å². The molecule has 3 aromatic carbocycles. The molecule has 5 heteroatoms. The Bertz CT molecular complexity index is 1220. The number of piperazine rings is 1. The second-order valence-corrected chi connectivity index (χ2v) is 8.85. The average Bonchev–Trinajstić information content (AvgIpc) is 2.88. The van der Waals surface area contributed by atoms with Crippen LogP contribution in [0.15, 0.2) is 77.9 Å². The van der Waals surface area contributed by atoms with Crippen LogP contribution in [0.25, 0.3) is 17.7 Å². The van der Waals surface area contributed by atoms with Crippen LogP contribution < -0.4 is 10.2 Å². The molecule has 0 amide bonds. The summed E-state index contributed by atoms with van der Waals surface area (Å²) in [7, 11) is 2.18. The summed E-state index contributed by atoms with van der Waals surface area (Å²) in [5.41, 5.74) is 7.85. The van der Waals surface area contributed by atoms with Gasteiger partial charge in [-0.25, -0.2) is 4.39 Å². The van der Waals surface area contributed by atoms with Crippen molar-refractivity contribution < 1.29 is 4.39 Å². The van der Waals surface area contributed by atoms with E-state index in [1.807, 2.05) is 12.3 Å². The number of anilines is 2. The van der Waals surface area contributed by atoms with Crippen molar-refractivity contribution >= 4 is 35.3 Å². The number of hydrogen-bond acceptors (Lipinski definition) is 4. The fourth-order valence-corrected chi connectivity index (χ4v) is 4.29. The first-order valence-electron chi connectivity index (χ1n) is 11.7. The monoisotopic (exact) mass is 452 g/mol. The van der Waals surface area contributed by atoms with Gasteiger partial charge in [0.2, 0.25) is 0 Å². The molecular formula is C29H29FN4. The molecule has 0 saturated carbocycles. The van der Waals surface area contributed by atoms with E-state index in [0.717, 1.165) is 54.1 Å². The van der Waals surface area contributed by atoms with E-state index in [0.29, 0.717) is 6.54 Å². The number of nitrogens with zero attached hydrogens (tertiary/aromatic N) is 3. The summed E-state index contributed by atoms with van der Waals surface area (Å²) in [5, 5.41) is 3.46. The van der Waals surface area contributed by atoms with Gasteiger partial charge in [0, 0.05) is 50.0 Å². The minimum absolute atomic E-state index is 0.221. The van der Waals surface area contributed by atoms with E-state index in [-0.39, 0.29) is 5.82 Å². The van der Waals surface area contributed by atoms with Gasteiger partial charge in [0.15, 0.2) is 0 Å². The number of benzene rings is 3. The molecule has 0 spiro atoms. The van der Waals surface area contributed by atoms with E-state index in [1.54, 1.807) is 12.1 Å². The van der Waals surface area contributed by atoms with Crippen molar-refractivity contribution in [3.05, 3.63) is 101 Å². The van der Waals surface area contributed by atoms with Gasteiger partial charge in [0.25, 0.3) is 0 Å². The number of halogens is 1. The fourth-order valence-electron chi connectivity index (χ4n) is 4.29. The average molecular weight is 453 g/mol. The van der Waals surface area contributed by atoms with Crippen LogP contribution in [0.4, 0.5) is 15.8 Å². The maximum absolute atomic E-state index is 13.1. The zero-order valence-electron chi connectivity index (χ0n) is 19.4. The molecule has 2 heterocycles. The van der Waals surface area contributed by atoms with E-state index < -0.39 is 0 Å². The molecule has 0 bridgehead atoms. The molecule has 2 aliphatic rings. The van der Waals surface area contributed by atoms with Crippen LogP contribution in [0.1, 0.15) is 22.3 Å². The van der Waals surface area contributed by atoms with Gasteiger partial charge in [0.1, 0.15) is 5.82 Å². The number of hydrogen-bond donors (Lipinski definition) is 1. The first-order valence-corrected chi connectivity index (χ1v) is 11.7. The van der Waals surface area contributed by atoms with Crippen molar-refractivity contribution in [2.24, 2.45) is 4.99 Å². The highest BCUT2D eigenvalue weighted by atomic mass is 19.1. The molecule has 0 aromatic heterocycles. The molecule has 2 aliphatic heterocycles. The normalized spacial score (nSPS) is 17.4. The van der Waals surface area contributed by atoms with Gasteiger partial charge in [-0.1, -0.05) is 36.4 Å². The van der Waals surface area contributed by atoms with Crippen LogP contribution in [-0.2, 0) is 0 Å². The topological polar surface area (TPSA) is 30.9 Å². The van der Waals surface area contributed by atoms with Gasteiger partial charge in [0.05, 0.1) is 6.54 Å². The Morgan fingerprint density at radius 1 is 0.853 bits per heavy atom. The quantitative estimate of drug-likeness (QED) is 0.509. The molecule has 34 heavy (non-hydrogen) atoms. The summed E-state index contributed by atoms with van der Waals surface area (Å²) in [6.45, 7) is 4.99. The Morgan fingerprint density at radius 3 is 2.32 bits per heavy atom. The molecule has 1 saturated heterocycles. The molecule has 0 radical (unpaired) electrons. The largest absolute Gasteiger partial charge is 0.369 e. The number of nitrogens with one attached hydrogen (secondary N) is 1. The molecular weight excluding hydrogens is 423 g/mol. The van der Waals surface area contributed by atoms with E-state index in [4.69, 9.17) is 0 Å². The van der Waals surface area contributed by atoms with Crippen LogP contribution >= 0.6 is 0 Å². The number of likely N-dealkylation sites (N-methyl/N-ethyl adjacent to an activating group) is 1. The summed E-state index contributed by atoms with van der Waals surface area (Å²) in [6, 6.07) is 21.5. The molecule has 4 nitrogen and oxygen atoms in total. The Hall–Kier alpha value is -3.70. The van der Waals surface area contributed by atoms with Gasteiger partial charge in [-0.15, -0.1) is 0 Å². The molecule has 3 aromatic rings. The maximum atomic E-state index is 13.1. The second-order valence-electron chi connectivity index (χ2n) is 8.85. The molecule has 1 fully saturated rings. The van der Waals surface area contributed by atoms with Crippen molar-refractivity contribution in [3.63, 3.8) is 0 Å². The molecule has 5 rings (SSSR count). The highest BCUT2D eigenvalue weighted by Gasteiger charge is 2.14. The summed E-state index contributed by atoms with van der Waals surface area (Å²) in [4.78, 5) is 9.34. The van der Waals surface area contributed by atoms with Crippen molar-refractivity contribution in [1.29, 1.82) is 0 Å². The zero-order chi connectivity index (χ0) is 23.3. The van der Waals surface area contributed by atoms with Crippen molar-refractivity contribution in [1.82, 2.24) is 4.90 Å². The number of rotatable bonds is 5. The highest BCUT2D eigenvalue weighted by molar-refractivity contribution is 5.93. The Kier molecular flexibility index (Phi) is 6.54. The third-order valence-corrected chi connectivity index (χ3v) is 6.40. The molecule has 0 atom stereocenters. The number of aliphatic imine (C=N–C) groups is 1. The third-order valence-electron chi connectivity index (χ3n) is 6.40. The standard InChI is InChI=1S/C29H29FN4/c1-33-14-16-34(17-15-33)28-12-10-27(11-13-28)32-21-25-20-31-19-24-7-4-23(18-29(24)25)3-2-22-5-8-26(30)9-6-22/h2-13,18-19,21,32H,14-17,20H2,1H3. The summed E-state index contributed by atoms with van der Waals surface area (Å²) in [5.74, 6) is -0.221. The highest BCUT2D eigenvalue weighted by Crippen LogP contribution is 2.26. The van der Waals surface area contributed by atoms with Crippen LogP contribution in [0.5, 0.6) is 0 Å². The van der Waals surface area contributed by atoms with Crippen LogP contribution in [0, 0.1) is 5.82 Å². The lowest BCUT2D eigenvalue weighted by Crippen LogP contribution is -2.44. The Labute approximate surface area is 200 Å². The predicted molar refractivity (Wildman–Crippen MR) is 142 cm³/mol. The SMILES string of the molecule is CN1CCN(c2ccc(NC=C3CN=Cc4ccc(C=Cc5ccc(F)cc5)cc43)cc2)CC1.